The van der Waals surface area contributed by atoms with Crippen LogP contribution in [0.25, 0.3) is 11.0 Å². The van der Waals surface area contributed by atoms with Gasteiger partial charge in [0.25, 0.3) is 5.91 Å². The number of aryl methyl sites for hydroxylation is 1. The highest BCUT2D eigenvalue weighted by molar-refractivity contribution is 6.04. The van der Waals surface area contributed by atoms with Gasteiger partial charge in [0.15, 0.2) is 11.5 Å². The van der Waals surface area contributed by atoms with Crippen molar-refractivity contribution in [1.82, 2.24) is 29.8 Å². The van der Waals surface area contributed by atoms with Crippen LogP contribution in [0.3, 0.4) is 0 Å². The third kappa shape index (κ3) is 5.10. The van der Waals surface area contributed by atoms with E-state index in [2.05, 4.69) is 44.2 Å². The van der Waals surface area contributed by atoms with Crippen molar-refractivity contribution in [1.29, 1.82) is 0 Å². The molecule has 3 aromatic heterocycles. The number of amides is 1. The standard InChI is InChI=1S/C28H32N8O2/c1-17-6-7-19(27(37)32-23-15-22(38-34-23)28(2,3)4)14-18(17)8-9-21-24-25(29)30-16-31-26(24)36(33-21)20-10-12-35(5)13-11-20/h6-7,14-16,20H,10-13H2,1-5H3,(H2,29,30,31)(H,32,34,37). The summed E-state index contributed by atoms with van der Waals surface area (Å²) in [6, 6.07) is 7.36. The molecule has 4 heterocycles. The molecule has 3 N–H and O–H groups in total. The van der Waals surface area contributed by atoms with Crippen molar-refractivity contribution in [2.45, 2.75) is 52.0 Å². The van der Waals surface area contributed by atoms with Crippen molar-refractivity contribution >= 4 is 28.6 Å². The summed E-state index contributed by atoms with van der Waals surface area (Å²) < 4.78 is 7.32. The monoisotopic (exact) mass is 512 g/mol. The van der Waals surface area contributed by atoms with Gasteiger partial charge in [-0.25, -0.2) is 14.6 Å². The summed E-state index contributed by atoms with van der Waals surface area (Å²) in [5.74, 6) is 7.49. The first kappa shape index (κ1) is 25.4. The summed E-state index contributed by atoms with van der Waals surface area (Å²) in [5, 5.41) is 12.3. The number of carbonyl (C=O) groups is 1. The van der Waals surface area contributed by atoms with Crippen molar-refractivity contribution in [3.63, 3.8) is 0 Å². The normalized spacial score (nSPS) is 14.9. The number of nitrogens with one attached hydrogen (secondary N) is 1. The summed E-state index contributed by atoms with van der Waals surface area (Å²) >= 11 is 0. The fraction of sp³-hybridized carbons (Fsp3) is 0.393. The fourth-order valence-corrected chi connectivity index (χ4v) is 4.48. The van der Waals surface area contributed by atoms with Crippen LogP contribution in [0.4, 0.5) is 11.6 Å². The Morgan fingerprint density at radius 1 is 1.16 bits per heavy atom. The number of anilines is 2. The van der Waals surface area contributed by atoms with Crippen LogP contribution >= 0.6 is 0 Å². The van der Waals surface area contributed by atoms with Crippen LogP contribution in [0.2, 0.25) is 0 Å². The van der Waals surface area contributed by atoms with Crippen LogP contribution < -0.4 is 11.1 Å². The first-order valence-electron chi connectivity index (χ1n) is 12.7. The molecule has 1 amide bonds. The van der Waals surface area contributed by atoms with Gasteiger partial charge in [-0.2, -0.15) is 5.10 Å². The van der Waals surface area contributed by atoms with Crippen LogP contribution in [0.15, 0.2) is 35.1 Å². The molecule has 0 unspecified atom stereocenters. The van der Waals surface area contributed by atoms with Gasteiger partial charge in [-0.1, -0.05) is 37.9 Å². The maximum Gasteiger partial charge on any atom is 0.256 e. The molecule has 196 valence electrons. The molecule has 1 aliphatic rings. The topological polar surface area (TPSA) is 128 Å². The number of nitrogens with two attached hydrogens (primary N) is 1. The summed E-state index contributed by atoms with van der Waals surface area (Å²) in [6.07, 6.45) is 3.42. The lowest BCUT2D eigenvalue weighted by Crippen LogP contribution is -2.32. The van der Waals surface area contributed by atoms with Gasteiger partial charge in [-0.3, -0.25) is 4.79 Å². The zero-order valence-corrected chi connectivity index (χ0v) is 22.4. The SMILES string of the molecule is Cc1ccc(C(=O)Nc2cc(C(C)(C)C)on2)cc1C#Cc1nn(C2CCN(C)CC2)c2ncnc(N)c12. The van der Waals surface area contributed by atoms with Gasteiger partial charge in [-0.15, -0.1) is 0 Å². The molecule has 0 aliphatic carbocycles. The lowest BCUT2D eigenvalue weighted by atomic mass is 9.93. The molecule has 1 saturated heterocycles. The lowest BCUT2D eigenvalue weighted by Gasteiger charge is -2.29. The quantitative estimate of drug-likeness (QED) is 0.395. The minimum Gasteiger partial charge on any atom is -0.383 e. The van der Waals surface area contributed by atoms with Crippen molar-refractivity contribution in [2.75, 3.05) is 31.2 Å². The number of hydrogen-bond donors (Lipinski definition) is 2. The van der Waals surface area contributed by atoms with Crippen molar-refractivity contribution < 1.29 is 9.32 Å². The molecular weight excluding hydrogens is 480 g/mol. The van der Waals surface area contributed by atoms with E-state index in [0.717, 1.165) is 31.5 Å². The molecule has 0 spiro atoms. The second-order valence-corrected chi connectivity index (χ2v) is 10.8. The van der Waals surface area contributed by atoms with Crippen LogP contribution in [0.1, 0.15) is 72.6 Å². The maximum atomic E-state index is 12.9. The first-order chi connectivity index (χ1) is 18.1. The van der Waals surface area contributed by atoms with E-state index < -0.39 is 0 Å². The van der Waals surface area contributed by atoms with E-state index in [1.165, 1.54) is 6.33 Å². The third-order valence-corrected chi connectivity index (χ3v) is 6.86. The van der Waals surface area contributed by atoms with Crippen LogP contribution in [-0.4, -0.2) is 55.8 Å². The summed E-state index contributed by atoms with van der Waals surface area (Å²) in [5.41, 5.74) is 9.38. The zero-order chi connectivity index (χ0) is 27.0. The predicted molar refractivity (Wildman–Crippen MR) is 146 cm³/mol. The second kappa shape index (κ2) is 9.91. The number of carbonyl (C=O) groups excluding carboxylic acids is 1. The Balaban J connectivity index is 1.44. The number of likely N-dealkylation sites (tertiary alicyclic amines) is 1. The van der Waals surface area contributed by atoms with Gasteiger partial charge in [0, 0.05) is 22.6 Å². The van der Waals surface area contributed by atoms with Gasteiger partial charge in [-0.05, 0) is 63.5 Å². The second-order valence-electron chi connectivity index (χ2n) is 10.8. The molecule has 0 bridgehead atoms. The van der Waals surface area contributed by atoms with Gasteiger partial charge in [0.1, 0.15) is 23.6 Å². The summed E-state index contributed by atoms with van der Waals surface area (Å²) in [7, 11) is 2.13. The van der Waals surface area contributed by atoms with Crippen molar-refractivity contribution in [3.05, 3.63) is 58.7 Å². The van der Waals surface area contributed by atoms with Crippen molar-refractivity contribution in [2.24, 2.45) is 0 Å². The van der Waals surface area contributed by atoms with E-state index in [0.29, 0.717) is 45.3 Å². The molecule has 0 atom stereocenters. The summed E-state index contributed by atoms with van der Waals surface area (Å²) in [4.78, 5) is 23.9. The van der Waals surface area contributed by atoms with E-state index in [4.69, 9.17) is 15.4 Å². The largest absolute Gasteiger partial charge is 0.383 e. The fourth-order valence-electron chi connectivity index (χ4n) is 4.48. The minimum absolute atomic E-state index is 0.207. The molecule has 1 aliphatic heterocycles. The molecule has 4 aromatic rings. The van der Waals surface area contributed by atoms with Gasteiger partial charge in [0.2, 0.25) is 0 Å². The zero-order valence-electron chi connectivity index (χ0n) is 22.4. The first-order valence-corrected chi connectivity index (χ1v) is 12.7. The van der Waals surface area contributed by atoms with Gasteiger partial charge in [0.05, 0.1) is 11.4 Å². The molecule has 1 aromatic carbocycles. The molecular formula is C28H32N8O2. The number of nitrogens with zero attached hydrogens (tertiary/aromatic N) is 6. The Morgan fingerprint density at radius 2 is 1.92 bits per heavy atom. The molecule has 5 rings (SSSR count). The third-order valence-electron chi connectivity index (χ3n) is 6.86. The van der Waals surface area contributed by atoms with Gasteiger partial charge < -0.3 is 20.5 Å². The average molecular weight is 513 g/mol. The highest BCUT2D eigenvalue weighted by Gasteiger charge is 2.24. The average Bonchev–Trinajstić information content (AvgIpc) is 3.50. The van der Waals surface area contributed by atoms with E-state index in [1.807, 2.05) is 38.4 Å². The predicted octanol–water partition coefficient (Wildman–Crippen LogP) is 3.92. The number of hydrogen-bond acceptors (Lipinski definition) is 8. The molecule has 38 heavy (non-hydrogen) atoms. The Hall–Kier alpha value is -4.23. The van der Waals surface area contributed by atoms with E-state index in [9.17, 15) is 4.79 Å². The van der Waals surface area contributed by atoms with E-state index >= 15 is 0 Å². The highest BCUT2D eigenvalue weighted by Crippen LogP contribution is 2.29. The Bertz CT molecular complexity index is 1560. The Kier molecular flexibility index (Phi) is 6.63. The molecule has 10 nitrogen and oxygen atoms in total. The van der Waals surface area contributed by atoms with E-state index in [-0.39, 0.29) is 17.4 Å². The number of piperidine rings is 1. The Morgan fingerprint density at radius 3 is 2.63 bits per heavy atom. The number of aromatic nitrogens is 5. The number of fused-ring (bicyclic) bond motifs is 1. The van der Waals surface area contributed by atoms with Crippen LogP contribution in [0, 0.1) is 18.8 Å². The minimum atomic E-state index is -0.295. The molecule has 0 radical (unpaired) electrons. The molecule has 1 fully saturated rings. The van der Waals surface area contributed by atoms with Crippen LogP contribution in [-0.2, 0) is 5.41 Å². The number of benzene rings is 1. The number of rotatable bonds is 3. The molecule has 0 saturated carbocycles. The maximum absolute atomic E-state index is 12.9. The van der Waals surface area contributed by atoms with Gasteiger partial charge >= 0.3 is 0 Å². The summed E-state index contributed by atoms with van der Waals surface area (Å²) in [6.45, 7) is 9.99. The number of nitrogen functional groups attached to an aromatic ring is 1. The highest BCUT2D eigenvalue weighted by atomic mass is 16.5. The van der Waals surface area contributed by atoms with E-state index in [1.54, 1.807) is 18.2 Å². The Labute approximate surface area is 221 Å². The smallest absolute Gasteiger partial charge is 0.256 e. The van der Waals surface area contributed by atoms with Crippen molar-refractivity contribution in [3.8, 4) is 11.8 Å². The van der Waals surface area contributed by atoms with Crippen LogP contribution in [0.5, 0.6) is 0 Å². The molecule has 10 heteroatoms. The lowest BCUT2D eigenvalue weighted by molar-refractivity contribution is 0.102.